The van der Waals surface area contributed by atoms with E-state index in [0.29, 0.717) is 18.0 Å². The second kappa shape index (κ2) is 5.36. The number of para-hydroxylation sites is 2. The van der Waals surface area contributed by atoms with Gasteiger partial charge in [0.25, 0.3) is 0 Å². The van der Waals surface area contributed by atoms with Gasteiger partial charge in [0.15, 0.2) is 0 Å². The monoisotopic (exact) mass is 208 g/mol. The second-order valence-corrected chi connectivity index (χ2v) is 3.33. The number of hydrogen-bond acceptors (Lipinski definition) is 3. The number of methoxy groups -OCH3 is 1. The molecular weight excluding hydrogens is 192 g/mol. The topological polar surface area (TPSA) is 64.3 Å². The van der Waals surface area contributed by atoms with Gasteiger partial charge in [-0.25, -0.2) is 0 Å². The molecule has 0 aliphatic heterocycles. The van der Waals surface area contributed by atoms with E-state index < -0.39 is 0 Å². The molecule has 1 unspecified atom stereocenters. The van der Waals surface area contributed by atoms with Gasteiger partial charge in [-0.3, -0.25) is 4.79 Å². The normalized spacial score (nSPS) is 11.9. The molecule has 0 bridgehead atoms. The molecule has 0 radical (unpaired) electrons. The van der Waals surface area contributed by atoms with Gasteiger partial charge in [-0.05, 0) is 12.1 Å². The maximum Gasteiger partial charge on any atom is 0.228 e. The van der Waals surface area contributed by atoms with Crippen molar-refractivity contribution in [1.29, 1.82) is 0 Å². The van der Waals surface area contributed by atoms with Crippen LogP contribution in [0.25, 0.3) is 0 Å². The van der Waals surface area contributed by atoms with E-state index in [4.69, 9.17) is 10.5 Å². The lowest BCUT2D eigenvalue weighted by Gasteiger charge is -2.12. The molecule has 0 heterocycles. The summed E-state index contributed by atoms with van der Waals surface area (Å²) in [6.45, 7) is 2.12. The Morgan fingerprint density at radius 3 is 2.80 bits per heavy atom. The van der Waals surface area contributed by atoms with E-state index in [-0.39, 0.29) is 11.8 Å². The van der Waals surface area contributed by atoms with Gasteiger partial charge in [0.1, 0.15) is 5.75 Å². The quantitative estimate of drug-likeness (QED) is 0.782. The number of hydrogen-bond donors (Lipinski definition) is 2. The largest absolute Gasteiger partial charge is 0.495 e. The van der Waals surface area contributed by atoms with Crippen LogP contribution >= 0.6 is 0 Å². The van der Waals surface area contributed by atoms with E-state index in [2.05, 4.69) is 5.32 Å². The fraction of sp³-hybridized carbons (Fsp3) is 0.364. The summed E-state index contributed by atoms with van der Waals surface area (Å²) >= 11 is 0. The van der Waals surface area contributed by atoms with Gasteiger partial charge in [0, 0.05) is 12.5 Å². The van der Waals surface area contributed by atoms with Gasteiger partial charge < -0.3 is 15.8 Å². The maximum atomic E-state index is 11.6. The summed E-state index contributed by atoms with van der Waals surface area (Å²) in [5.74, 6) is 0.354. The summed E-state index contributed by atoms with van der Waals surface area (Å²) in [6, 6.07) is 7.27. The molecule has 4 nitrogen and oxygen atoms in total. The van der Waals surface area contributed by atoms with Crippen LogP contribution in [-0.4, -0.2) is 19.6 Å². The number of amides is 1. The summed E-state index contributed by atoms with van der Waals surface area (Å²) in [5.41, 5.74) is 6.08. The molecule has 1 rings (SSSR count). The van der Waals surface area contributed by atoms with Crippen LogP contribution in [0.1, 0.15) is 6.92 Å². The highest BCUT2D eigenvalue weighted by Crippen LogP contribution is 2.23. The Hall–Kier alpha value is -1.55. The van der Waals surface area contributed by atoms with Crippen LogP contribution in [0.2, 0.25) is 0 Å². The van der Waals surface area contributed by atoms with Crippen molar-refractivity contribution >= 4 is 11.6 Å². The van der Waals surface area contributed by atoms with Crippen molar-refractivity contribution in [3.63, 3.8) is 0 Å². The van der Waals surface area contributed by atoms with Crippen molar-refractivity contribution in [3.8, 4) is 5.75 Å². The number of nitrogens with two attached hydrogens (primary N) is 1. The Morgan fingerprint density at radius 2 is 2.20 bits per heavy atom. The fourth-order valence-electron chi connectivity index (χ4n) is 1.11. The average molecular weight is 208 g/mol. The highest BCUT2D eigenvalue weighted by Gasteiger charge is 2.12. The number of rotatable bonds is 4. The van der Waals surface area contributed by atoms with Gasteiger partial charge in [0.2, 0.25) is 5.91 Å². The molecule has 0 aliphatic rings. The van der Waals surface area contributed by atoms with Crippen LogP contribution in [0.4, 0.5) is 5.69 Å². The average Bonchev–Trinajstić information content (AvgIpc) is 2.28. The number of ether oxygens (including phenoxy) is 1. The molecule has 1 aromatic rings. The molecule has 0 aliphatic carbocycles. The van der Waals surface area contributed by atoms with E-state index in [1.165, 1.54) is 0 Å². The predicted octanol–water partition coefficient (Wildman–Crippen LogP) is 1.23. The fourth-order valence-corrected chi connectivity index (χ4v) is 1.11. The van der Waals surface area contributed by atoms with Gasteiger partial charge in [-0.15, -0.1) is 0 Å². The van der Waals surface area contributed by atoms with Crippen molar-refractivity contribution < 1.29 is 9.53 Å². The van der Waals surface area contributed by atoms with Crippen LogP contribution in [-0.2, 0) is 4.79 Å². The molecule has 0 saturated heterocycles. The Balaban J connectivity index is 2.76. The highest BCUT2D eigenvalue weighted by atomic mass is 16.5. The molecule has 0 aromatic heterocycles. The van der Waals surface area contributed by atoms with Crippen LogP contribution in [0.3, 0.4) is 0 Å². The zero-order valence-electron chi connectivity index (χ0n) is 8.99. The first kappa shape index (κ1) is 11.5. The minimum atomic E-state index is -0.199. The first-order valence-electron chi connectivity index (χ1n) is 4.83. The first-order chi connectivity index (χ1) is 7.19. The lowest BCUT2D eigenvalue weighted by Crippen LogP contribution is -2.26. The Kier molecular flexibility index (Phi) is 4.12. The molecule has 1 amide bonds. The van der Waals surface area contributed by atoms with Crippen molar-refractivity contribution in [2.45, 2.75) is 6.92 Å². The molecule has 1 aromatic carbocycles. The molecule has 3 N–H and O–H groups in total. The summed E-state index contributed by atoms with van der Waals surface area (Å²) in [5, 5.41) is 2.77. The van der Waals surface area contributed by atoms with E-state index in [1.54, 1.807) is 26.2 Å². The van der Waals surface area contributed by atoms with Gasteiger partial charge in [0.05, 0.1) is 12.8 Å². The summed E-state index contributed by atoms with van der Waals surface area (Å²) in [6.07, 6.45) is 0. The van der Waals surface area contributed by atoms with E-state index in [9.17, 15) is 4.79 Å². The summed E-state index contributed by atoms with van der Waals surface area (Å²) in [7, 11) is 1.57. The third-order valence-corrected chi connectivity index (χ3v) is 2.17. The zero-order chi connectivity index (χ0) is 11.3. The van der Waals surface area contributed by atoms with Crippen molar-refractivity contribution in [3.05, 3.63) is 24.3 Å². The lowest BCUT2D eigenvalue weighted by molar-refractivity contribution is -0.119. The van der Waals surface area contributed by atoms with E-state index >= 15 is 0 Å². The molecule has 4 heteroatoms. The smallest absolute Gasteiger partial charge is 0.228 e. The third kappa shape index (κ3) is 2.95. The van der Waals surface area contributed by atoms with Crippen molar-refractivity contribution in [1.82, 2.24) is 0 Å². The number of carbonyl (C=O) groups excluding carboxylic acids is 1. The van der Waals surface area contributed by atoms with E-state index in [0.717, 1.165) is 0 Å². The molecule has 82 valence electrons. The lowest BCUT2D eigenvalue weighted by atomic mass is 10.1. The predicted molar refractivity (Wildman–Crippen MR) is 59.8 cm³/mol. The van der Waals surface area contributed by atoms with Crippen LogP contribution in [0.15, 0.2) is 24.3 Å². The molecular formula is C11H16N2O2. The van der Waals surface area contributed by atoms with Crippen LogP contribution in [0, 0.1) is 5.92 Å². The zero-order valence-corrected chi connectivity index (χ0v) is 8.99. The number of carbonyl (C=O) groups is 1. The number of anilines is 1. The Labute approximate surface area is 89.4 Å². The molecule has 1 atom stereocenters. The third-order valence-electron chi connectivity index (χ3n) is 2.17. The highest BCUT2D eigenvalue weighted by molar-refractivity contribution is 5.93. The van der Waals surface area contributed by atoms with Gasteiger partial charge in [-0.1, -0.05) is 19.1 Å². The number of nitrogens with one attached hydrogen (secondary N) is 1. The maximum absolute atomic E-state index is 11.6. The van der Waals surface area contributed by atoms with Gasteiger partial charge >= 0.3 is 0 Å². The summed E-state index contributed by atoms with van der Waals surface area (Å²) < 4.78 is 5.11. The summed E-state index contributed by atoms with van der Waals surface area (Å²) in [4.78, 5) is 11.6. The molecule has 0 spiro atoms. The minimum absolute atomic E-state index is 0.0954. The standard InChI is InChI=1S/C11H16N2O2/c1-8(7-12)11(14)13-9-5-3-4-6-10(9)15-2/h3-6,8H,7,12H2,1-2H3,(H,13,14). The van der Waals surface area contributed by atoms with Crippen molar-refractivity contribution in [2.24, 2.45) is 11.7 Å². The molecule has 0 saturated carbocycles. The molecule has 15 heavy (non-hydrogen) atoms. The van der Waals surface area contributed by atoms with E-state index in [1.807, 2.05) is 12.1 Å². The minimum Gasteiger partial charge on any atom is -0.495 e. The Bertz CT molecular complexity index is 339. The van der Waals surface area contributed by atoms with Gasteiger partial charge in [-0.2, -0.15) is 0 Å². The Morgan fingerprint density at radius 1 is 1.53 bits per heavy atom. The van der Waals surface area contributed by atoms with Crippen molar-refractivity contribution in [2.75, 3.05) is 19.0 Å². The van der Waals surface area contributed by atoms with Crippen LogP contribution < -0.4 is 15.8 Å². The second-order valence-electron chi connectivity index (χ2n) is 3.33. The number of benzene rings is 1. The SMILES string of the molecule is COc1ccccc1NC(=O)C(C)CN. The first-order valence-corrected chi connectivity index (χ1v) is 4.83. The molecule has 0 fully saturated rings. The van der Waals surface area contributed by atoms with Crippen LogP contribution in [0.5, 0.6) is 5.75 Å².